The lowest BCUT2D eigenvalue weighted by Gasteiger charge is -2.35. The summed E-state index contributed by atoms with van der Waals surface area (Å²) >= 11 is 6.39. The zero-order valence-corrected chi connectivity index (χ0v) is 28.2. The molecule has 3 heterocycles. The topological polar surface area (TPSA) is 134 Å². The molecule has 17 heteroatoms. The summed E-state index contributed by atoms with van der Waals surface area (Å²) in [6.45, 7) is 5.11. The molecule has 0 unspecified atom stereocenters. The van der Waals surface area contributed by atoms with Crippen molar-refractivity contribution < 1.29 is 36.3 Å². The molecular weight excluding hydrogens is 687 g/mol. The minimum absolute atomic E-state index is 0.00784. The maximum absolute atomic E-state index is 14.8. The summed E-state index contributed by atoms with van der Waals surface area (Å²) < 4.78 is 73.9. The van der Waals surface area contributed by atoms with Gasteiger partial charge >= 0.3 is 12.1 Å². The van der Waals surface area contributed by atoms with E-state index in [4.69, 9.17) is 27.1 Å². The van der Waals surface area contributed by atoms with Gasteiger partial charge in [-0.15, -0.1) is 0 Å². The third kappa shape index (κ3) is 7.79. The normalized spacial score (nSPS) is 17.4. The number of aliphatic imine (C=N–C) groups is 1. The average Bonchev–Trinajstić information content (AvgIpc) is 3.75. The number of hydrogen-bond donors (Lipinski definition) is 1. The van der Waals surface area contributed by atoms with Gasteiger partial charge < -0.3 is 10.5 Å². The Morgan fingerprint density at radius 2 is 1.78 bits per heavy atom. The zero-order valence-electron chi connectivity index (χ0n) is 27.5. The number of aryl methyl sites for hydroxylation is 1. The number of hydrogen-bond acceptors (Lipinski definition) is 8. The van der Waals surface area contributed by atoms with E-state index in [0.717, 1.165) is 21.5 Å². The number of carbonyl (C=O) groups is 2. The van der Waals surface area contributed by atoms with Gasteiger partial charge in [-0.3, -0.25) is 19.2 Å². The number of nitrogens with zero attached hydrogens (tertiary/aromatic N) is 7. The highest BCUT2D eigenvalue weighted by molar-refractivity contribution is 6.32. The molecule has 0 spiro atoms. The second-order valence-electron chi connectivity index (χ2n) is 13.1. The molecule has 0 aliphatic carbocycles. The van der Waals surface area contributed by atoms with Crippen LogP contribution in [0.5, 0.6) is 0 Å². The average molecular weight is 721 g/mol. The summed E-state index contributed by atoms with van der Waals surface area (Å²) in [4.78, 5) is 36.7. The maximum atomic E-state index is 14.8. The van der Waals surface area contributed by atoms with E-state index in [9.17, 15) is 31.5 Å². The van der Waals surface area contributed by atoms with Crippen LogP contribution in [-0.2, 0) is 26.9 Å². The smallest absolute Gasteiger partial charge is 0.389 e. The number of nitrogens with two attached hydrogens (primary N) is 1. The molecule has 0 saturated carbocycles. The fourth-order valence-electron chi connectivity index (χ4n) is 5.85. The van der Waals surface area contributed by atoms with Crippen LogP contribution in [0.1, 0.15) is 69.5 Å². The molecule has 0 radical (unpaired) electrons. The molecule has 1 aliphatic heterocycles. The van der Waals surface area contributed by atoms with Gasteiger partial charge in [-0.25, -0.2) is 23.4 Å². The van der Waals surface area contributed by atoms with Crippen LogP contribution in [-0.4, -0.2) is 60.1 Å². The first-order valence-corrected chi connectivity index (χ1v) is 15.8. The summed E-state index contributed by atoms with van der Waals surface area (Å²) in [5.41, 5.74) is 6.61. The van der Waals surface area contributed by atoms with E-state index in [0.29, 0.717) is 11.3 Å². The van der Waals surface area contributed by atoms with E-state index >= 15 is 0 Å². The second kappa shape index (κ2) is 13.8. The minimum Gasteiger partial charge on any atom is -0.463 e. The molecule has 4 aromatic rings. The standard InChI is InChI=1S/C33H34ClF5N8O3/c1-31(2,3)17-32(21-8-5-19(6-9-21)23-12-14-45(4)44-23)29(49)46(30(40)43-32)25(16-50-26(48)11-13-33(37,38)39)20-7-10-22(34)24(15-20)47-28(27(35)36)41-18-42-47/h5-10,12,14-15,18,25,27H,11,13,16-17H2,1-4H3,(H2,40,43)/t25-,32-/m1/s1. The first-order chi connectivity index (χ1) is 23.4. The number of ether oxygens (including phenoxy) is 1. The highest BCUT2D eigenvalue weighted by atomic mass is 35.5. The molecule has 1 amide bonds. The SMILES string of the molecule is Cn1ccc(-c2ccc([C@@]3(CC(C)(C)C)N=C(N)N([C@H](COC(=O)CCC(F)(F)F)c4ccc(Cl)c(-n5ncnc5C(F)F)c4)C3=O)cc2)n1. The number of rotatable bonds is 11. The number of guanidine groups is 1. The number of halogens is 6. The molecule has 2 atom stereocenters. The Balaban J connectivity index is 1.58. The largest absolute Gasteiger partial charge is 0.463 e. The number of aromatic nitrogens is 5. The Labute approximate surface area is 288 Å². The van der Waals surface area contributed by atoms with Gasteiger partial charge in [0.1, 0.15) is 12.9 Å². The summed E-state index contributed by atoms with van der Waals surface area (Å²) in [5, 5.41) is 8.28. The lowest BCUT2D eigenvalue weighted by atomic mass is 9.75. The molecule has 2 aromatic heterocycles. The fourth-order valence-corrected chi connectivity index (χ4v) is 6.05. The van der Waals surface area contributed by atoms with Gasteiger partial charge in [0.05, 0.1) is 35.3 Å². The highest BCUT2D eigenvalue weighted by Crippen LogP contribution is 2.45. The molecule has 2 aromatic carbocycles. The zero-order chi connectivity index (χ0) is 36.6. The van der Waals surface area contributed by atoms with Gasteiger partial charge in [0.15, 0.2) is 17.3 Å². The first-order valence-electron chi connectivity index (χ1n) is 15.4. The lowest BCUT2D eigenvalue weighted by molar-refractivity contribution is -0.158. The van der Waals surface area contributed by atoms with Crippen LogP contribution in [0.3, 0.4) is 0 Å². The number of carbonyl (C=O) groups excluding carboxylic acids is 2. The Hall–Kier alpha value is -4.86. The van der Waals surface area contributed by atoms with Gasteiger partial charge in [-0.2, -0.15) is 23.4 Å². The van der Waals surface area contributed by atoms with Crippen molar-refractivity contribution in [2.75, 3.05) is 6.61 Å². The molecule has 11 nitrogen and oxygen atoms in total. The highest BCUT2D eigenvalue weighted by Gasteiger charge is 2.53. The van der Waals surface area contributed by atoms with E-state index in [-0.39, 0.29) is 28.7 Å². The van der Waals surface area contributed by atoms with E-state index in [2.05, 4.69) is 15.2 Å². The van der Waals surface area contributed by atoms with Crippen molar-refractivity contribution in [1.82, 2.24) is 29.4 Å². The molecule has 0 fully saturated rings. The van der Waals surface area contributed by atoms with Gasteiger partial charge in [0, 0.05) is 18.8 Å². The van der Waals surface area contributed by atoms with Gasteiger partial charge in [0.25, 0.3) is 12.3 Å². The van der Waals surface area contributed by atoms with Crippen LogP contribution < -0.4 is 5.73 Å². The third-order valence-corrected chi connectivity index (χ3v) is 8.28. The quantitative estimate of drug-likeness (QED) is 0.135. The van der Waals surface area contributed by atoms with Crippen molar-refractivity contribution in [1.29, 1.82) is 0 Å². The van der Waals surface area contributed by atoms with Crippen molar-refractivity contribution in [3.05, 3.63) is 83.0 Å². The summed E-state index contributed by atoms with van der Waals surface area (Å²) in [6, 6.07) is 11.8. The van der Waals surface area contributed by atoms with Crippen LogP contribution in [0.25, 0.3) is 16.9 Å². The van der Waals surface area contributed by atoms with Crippen LogP contribution in [0.2, 0.25) is 5.02 Å². The number of esters is 1. The van der Waals surface area contributed by atoms with Gasteiger partial charge in [0.2, 0.25) is 0 Å². The predicted molar refractivity (Wildman–Crippen MR) is 173 cm³/mol. The van der Waals surface area contributed by atoms with Crippen LogP contribution in [0, 0.1) is 5.41 Å². The molecule has 0 bridgehead atoms. The van der Waals surface area contributed by atoms with E-state index in [1.54, 1.807) is 42.2 Å². The molecule has 266 valence electrons. The van der Waals surface area contributed by atoms with Crippen LogP contribution in [0.4, 0.5) is 22.0 Å². The van der Waals surface area contributed by atoms with Crippen molar-refractivity contribution in [2.45, 2.75) is 64.2 Å². The number of benzene rings is 2. The van der Waals surface area contributed by atoms with Gasteiger partial charge in [-0.05, 0) is 41.2 Å². The third-order valence-electron chi connectivity index (χ3n) is 7.96. The number of alkyl halides is 5. The Morgan fingerprint density at radius 3 is 2.38 bits per heavy atom. The van der Waals surface area contributed by atoms with Crippen molar-refractivity contribution in [3.8, 4) is 16.9 Å². The predicted octanol–water partition coefficient (Wildman–Crippen LogP) is 6.67. The van der Waals surface area contributed by atoms with Crippen LogP contribution >= 0.6 is 11.6 Å². The summed E-state index contributed by atoms with van der Waals surface area (Å²) in [5.74, 6) is -2.74. The van der Waals surface area contributed by atoms with Crippen molar-refractivity contribution in [2.24, 2.45) is 23.2 Å². The van der Waals surface area contributed by atoms with Crippen molar-refractivity contribution >= 4 is 29.4 Å². The Bertz CT molecular complexity index is 1900. The number of amides is 1. The molecule has 0 saturated heterocycles. The monoisotopic (exact) mass is 720 g/mol. The second-order valence-corrected chi connectivity index (χ2v) is 13.5. The van der Waals surface area contributed by atoms with Crippen LogP contribution in [0.15, 0.2) is 66.0 Å². The first kappa shape index (κ1) is 36.4. The van der Waals surface area contributed by atoms with Gasteiger partial charge in [-0.1, -0.05) is 62.7 Å². The maximum Gasteiger partial charge on any atom is 0.389 e. The Morgan fingerprint density at radius 1 is 1.08 bits per heavy atom. The molecule has 1 aliphatic rings. The summed E-state index contributed by atoms with van der Waals surface area (Å²) in [7, 11) is 1.79. The minimum atomic E-state index is -4.61. The van der Waals surface area contributed by atoms with E-state index in [1.807, 2.05) is 26.8 Å². The fraction of sp³-hybridized carbons (Fsp3) is 0.394. The van der Waals surface area contributed by atoms with E-state index < -0.39 is 66.7 Å². The molecular formula is C33H34ClF5N8O3. The lowest BCUT2D eigenvalue weighted by Crippen LogP contribution is -2.47. The summed E-state index contributed by atoms with van der Waals surface area (Å²) in [6.07, 6.45) is -7.12. The molecule has 50 heavy (non-hydrogen) atoms. The van der Waals surface area contributed by atoms with E-state index in [1.165, 1.54) is 18.2 Å². The molecule has 5 rings (SSSR count). The Kier molecular flexibility index (Phi) is 10.1. The molecule has 2 N–H and O–H groups in total. The van der Waals surface area contributed by atoms with Crippen molar-refractivity contribution in [3.63, 3.8) is 0 Å².